The Morgan fingerprint density at radius 1 is 1.06 bits per heavy atom. The predicted molar refractivity (Wildman–Crippen MR) is 62.9 cm³/mol. The van der Waals surface area contributed by atoms with Gasteiger partial charge in [-0.3, -0.25) is 0 Å². The van der Waals surface area contributed by atoms with E-state index in [1.807, 2.05) is 32.3 Å². The molecule has 88 valence electrons. The van der Waals surface area contributed by atoms with Crippen LogP contribution in [0.25, 0.3) is 0 Å². The zero-order chi connectivity index (χ0) is 11.4. The van der Waals surface area contributed by atoms with Crippen molar-refractivity contribution in [3.63, 3.8) is 0 Å². The highest BCUT2D eigenvalue weighted by molar-refractivity contribution is 5.44. The Bertz CT molecular complexity index is 351. The van der Waals surface area contributed by atoms with Crippen molar-refractivity contribution in [2.75, 3.05) is 27.3 Å². The molecule has 1 aliphatic heterocycles. The van der Waals surface area contributed by atoms with Crippen molar-refractivity contribution in [1.82, 2.24) is 10.6 Å². The van der Waals surface area contributed by atoms with Gasteiger partial charge in [0.05, 0.1) is 19.4 Å². The van der Waals surface area contributed by atoms with E-state index in [4.69, 9.17) is 9.47 Å². The molecule has 2 N–H and O–H groups in total. The van der Waals surface area contributed by atoms with Gasteiger partial charge in [0.15, 0.2) is 11.5 Å². The van der Waals surface area contributed by atoms with Gasteiger partial charge < -0.3 is 20.1 Å². The number of hydrogen-bond donors (Lipinski definition) is 2. The monoisotopic (exact) mass is 222 g/mol. The van der Waals surface area contributed by atoms with Gasteiger partial charge in [0.2, 0.25) is 0 Å². The fraction of sp³-hybridized carbons (Fsp3) is 0.500. The summed E-state index contributed by atoms with van der Waals surface area (Å²) in [5, 5.41) is 6.37. The maximum atomic E-state index is 5.65. The van der Waals surface area contributed by atoms with Crippen molar-refractivity contribution in [2.45, 2.75) is 12.6 Å². The van der Waals surface area contributed by atoms with E-state index in [0.717, 1.165) is 36.7 Å². The average Bonchev–Trinajstić information content (AvgIpc) is 2.55. The number of ether oxygens (including phenoxy) is 2. The van der Waals surface area contributed by atoms with Crippen LogP contribution < -0.4 is 20.1 Å². The second-order valence-electron chi connectivity index (χ2n) is 3.77. The molecule has 2 rings (SSSR count). The van der Waals surface area contributed by atoms with Crippen molar-refractivity contribution in [3.8, 4) is 11.5 Å². The van der Waals surface area contributed by atoms with Crippen LogP contribution in [0.2, 0.25) is 0 Å². The third-order valence-electron chi connectivity index (χ3n) is 2.68. The molecule has 0 bridgehead atoms. The van der Waals surface area contributed by atoms with Crippen LogP contribution in [0.1, 0.15) is 18.2 Å². The second-order valence-corrected chi connectivity index (χ2v) is 3.77. The van der Waals surface area contributed by atoms with Crippen LogP contribution in [0, 0.1) is 0 Å². The first-order chi connectivity index (χ1) is 7.85. The molecule has 4 nitrogen and oxygen atoms in total. The minimum Gasteiger partial charge on any atom is -0.490 e. The molecular weight excluding hydrogens is 204 g/mol. The quantitative estimate of drug-likeness (QED) is 0.756. The van der Waals surface area contributed by atoms with Gasteiger partial charge in [0, 0.05) is 6.42 Å². The van der Waals surface area contributed by atoms with Crippen molar-refractivity contribution in [1.29, 1.82) is 0 Å². The third-order valence-corrected chi connectivity index (χ3v) is 2.68. The molecule has 0 radical (unpaired) electrons. The fourth-order valence-corrected chi connectivity index (χ4v) is 1.84. The zero-order valence-corrected chi connectivity index (χ0v) is 9.75. The van der Waals surface area contributed by atoms with E-state index in [2.05, 4.69) is 10.6 Å². The van der Waals surface area contributed by atoms with Gasteiger partial charge in [-0.1, -0.05) is 6.07 Å². The normalized spacial score (nSPS) is 14.9. The largest absolute Gasteiger partial charge is 0.490 e. The fourth-order valence-electron chi connectivity index (χ4n) is 1.84. The van der Waals surface area contributed by atoms with Crippen molar-refractivity contribution < 1.29 is 9.47 Å². The van der Waals surface area contributed by atoms with E-state index < -0.39 is 0 Å². The van der Waals surface area contributed by atoms with Crippen LogP contribution in [0.4, 0.5) is 0 Å². The molecule has 4 heteroatoms. The van der Waals surface area contributed by atoms with E-state index >= 15 is 0 Å². The molecule has 0 aromatic heterocycles. The smallest absolute Gasteiger partial charge is 0.161 e. The minimum atomic E-state index is 0.136. The van der Waals surface area contributed by atoms with Crippen LogP contribution in [0.15, 0.2) is 18.2 Å². The van der Waals surface area contributed by atoms with E-state index in [1.54, 1.807) is 0 Å². The highest BCUT2D eigenvalue weighted by Crippen LogP contribution is 2.31. The first-order valence-electron chi connectivity index (χ1n) is 5.59. The Morgan fingerprint density at radius 3 is 2.44 bits per heavy atom. The van der Waals surface area contributed by atoms with Gasteiger partial charge in [-0.15, -0.1) is 0 Å². The molecule has 0 unspecified atom stereocenters. The molecular formula is C12H18N2O2. The van der Waals surface area contributed by atoms with Crippen LogP contribution >= 0.6 is 0 Å². The molecule has 1 aliphatic rings. The summed E-state index contributed by atoms with van der Waals surface area (Å²) in [6.07, 6.45) is 1.07. The van der Waals surface area contributed by atoms with Crippen LogP contribution in [-0.4, -0.2) is 27.3 Å². The van der Waals surface area contributed by atoms with Gasteiger partial charge in [0.1, 0.15) is 0 Å². The number of nitrogens with one attached hydrogen (secondary N) is 2. The van der Waals surface area contributed by atoms with Gasteiger partial charge >= 0.3 is 0 Å². The average molecular weight is 222 g/mol. The summed E-state index contributed by atoms with van der Waals surface area (Å²) in [6.45, 7) is 1.45. The molecule has 0 saturated carbocycles. The summed E-state index contributed by atoms with van der Waals surface area (Å²) in [5.74, 6) is 1.68. The topological polar surface area (TPSA) is 42.5 Å². The minimum absolute atomic E-state index is 0.136. The SMILES string of the molecule is CNC(NC)c1ccc2c(c1)OCCCO2. The molecule has 1 aromatic carbocycles. The first kappa shape index (κ1) is 11.2. The van der Waals surface area contributed by atoms with Crippen molar-refractivity contribution in [2.24, 2.45) is 0 Å². The predicted octanol–water partition coefficient (Wildman–Crippen LogP) is 1.29. The molecule has 16 heavy (non-hydrogen) atoms. The lowest BCUT2D eigenvalue weighted by atomic mass is 10.1. The molecule has 0 amide bonds. The Morgan fingerprint density at radius 2 is 1.75 bits per heavy atom. The molecule has 0 saturated heterocycles. The maximum Gasteiger partial charge on any atom is 0.161 e. The third kappa shape index (κ3) is 2.28. The van der Waals surface area contributed by atoms with Gasteiger partial charge in [0.25, 0.3) is 0 Å². The van der Waals surface area contributed by atoms with Crippen molar-refractivity contribution in [3.05, 3.63) is 23.8 Å². The van der Waals surface area contributed by atoms with Crippen LogP contribution in [0.3, 0.4) is 0 Å². The molecule has 0 spiro atoms. The highest BCUT2D eigenvalue weighted by Gasteiger charge is 2.13. The number of benzene rings is 1. The van der Waals surface area contributed by atoms with Gasteiger partial charge in [-0.2, -0.15) is 0 Å². The first-order valence-corrected chi connectivity index (χ1v) is 5.59. The lowest BCUT2D eigenvalue weighted by molar-refractivity contribution is 0.297. The Hall–Kier alpha value is -1.26. The van der Waals surface area contributed by atoms with E-state index in [0.29, 0.717) is 0 Å². The zero-order valence-electron chi connectivity index (χ0n) is 9.75. The maximum absolute atomic E-state index is 5.65. The molecule has 0 aliphatic carbocycles. The standard InChI is InChI=1S/C12H18N2O2/c1-13-12(14-2)9-4-5-10-11(8-9)16-7-3-6-15-10/h4-5,8,12-14H,3,6-7H2,1-2H3. The Labute approximate surface area is 95.9 Å². The highest BCUT2D eigenvalue weighted by atomic mass is 16.5. The summed E-state index contributed by atoms with van der Waals surface area (Å²) in [7, 11) is 3.84. The Kier molecular flexibility index (Phi) is 3.64. The van der Waals surface area contributed by atoms with Crippen LogP contribution in [-0.2, 0) is 0 Å². The number of rotatable bonds is 3. The van der Waals surface area contributed by atoms with E-state index in [1.165, 1.54) is 0 Å². The Balaban J connectivity index is 2.26. The lowest BCUT2D eigenvalue weighted by Gasteiger charge is -2.17. The van der Waals surface area contributed by atoms with Crippen molar-refractivity contribution >= 4 is 0 Å². The number of fused-ring (bicyclic) bond motifs is 1. The number of hydrogen-bond acceptors (Lipinski definition) is 4. The van der Waals surface area contributed by atoms with E-state index in [9.17, 15) is 0 Å². The lowest BCUT2D eigenvalue weighted by Crippen LogP contribution is -2.28. The summed E-state index contributed by atoms with van der Waals surface area (Å²) in [5.41, 5.74) is 1.15. The second kappa shape index (κ2) is 5.18. The summed E-state index contributed by atoms with van der Waals surface area (Å²) >= 11 is 0. The molecule has 1 heterocycles. The summed E-state index contributed by atoms with van der Waals surface area (Å²) in [6, 6.07) is 6.04. The molecule has 0 fully saturated rings. The molecule has 0 atom stereocenters. The van der Waals surface area contributed by atoms with Crippen LogP contribution in [0.5, 0.6) is 11.5 Å². The molecule has 1 aromatic rings. The van der Waals surface area contributed by atoms with Gasteiger partial charge in [-0.05, 0) is 31.8 Å². The van der Waals surface area contributed by atoms with E-state index in [-0.39, 0.29) is 6.17 Å². The summed E-state index contributed by atoms with van der Waals surface area (Å²) < 4.78 is 11.2. The van der Waals surface area contributed by atoms with Gasteiger partial charge in [-0.25, -0.2) is 0 Å². The summed E-state index contributed by atoms with van der Waals surface area (Å²) in [4.78, 5) is 0.